The van der Waals surface area contributed by atoms with E-state index in [0.29, 0.717) is 13.0 Å². The zero-order valence-corrected chi connectivity index (χ0v) is 18.5. The third kappa shape index (κ3) is 3.43. The van der Waals surface area contributed by atoms with Gasteiger partial charge in [-0.1, -0.05) is 44.2 Å². The second kappa shape index (κ2) is 7.59. The van der Waals surface area contributed by atoms with E-state index < -0.39 is 11.0 Å². The van der Waals surface area contributed by atoms with Crippen LogP contribution in [0, 0.1) is 11.3 Å². The summed E-state index contributed by atoms with van der Waals surface area (Å²) < 4.78 is 17.6. The fourth-order valence-corrected chi connectivity index (χ4v) is 5.21. The van der Waals surface area contributed by atoms with Crippen molar-refractivity contribution in [3.63, 3.8) is 0 Å². The Morgan fingerprint density at radius 3 is 2.53 bits per heavy atom. The lowest BCUT2D eigenvalue weighted by Crippen LogP contribution is -2.58. The van der Waals surface area contributed by atoms with Crippen LogP contribution in [0.3, 0.4) is 0 Å². The second-order valence-corrected chi connectivity index (χ2v) is 9.20. The van der Waals surface area contributed by atoms with Gasteiger partial charge in [-0.25, -0.2) is 0 Å². The lowest BCUT2D eigenvalue weighted by Gasteiger charge is -2.53. The Morgan fingerprint density at radius 1 is 1.13 bits per heavy atom. The van der Waals surface area contributed by atoms with E-state index in [9.17, 15) is 4.79 Å². The third-order valence-electron chi connectivity index (χ3n) is 6.65. The Bertz CT molecular complexity index is 990. The van der Waals surface area contributed by atoms with Gasteiger partial charge < -0.3 is 14.2 Å². The van der Waals surface area contributed by atoms with Gasteiger partial charge in [-0.2, -0.15) is 0 Å². The van der Waals surface area contributed by atoms with Gasteiger partial charge >= 0.3 is 0 Å². The van der Waals surface area contributed by atoms with Gasteiger partial charge in [0.05, 0.1) is 13.7 Å². The minimum absolute atomic E-state index is 0.0698. The number of hydrogen-bond donors (Lipinski definition) is 0. The predicted octanol–water partition coefficient (Wildman–Crippen LogP) is 5.23. The molecule has 1 aliphatic carbocycles. The summed E-state index contributed by atoms with van der Waals surface area (Å²) >= 11 is 0. The molecule has 0 amide bonds. The van der Waals surface area contributed by atoms with Gasteiger partial charge in [0.2, 0.25) is 0 Å². The first-order valence-corrected chi connectivity index (χ1v) is 10.5. The lowest BCUT2D eigenvalue weighted by molar-refractivity contribution is -0.140. The second-order valence-electron chi connectivity index (χ2n) is 9.20. The third-order valence-corrected chi connectivity index (χ3v) is 6.65. The maximum Gasteiger partial charge on any atom is 0.165 e. The molecule has 2 atom stereocenters. The van der Waals surface area contributed by atoms with Crippen molar-refractivity contribution in [1.82, 2.24) is 0 Å². The van der Waals surface area contributed by atoms with E-state index in [1.807, 2.05) is 42.5 Å². The summed E-state index contributed by atoms with van der Waals surface area (Å²) in [6, 6.07) is 14.1. The molecular formula is C26H30O4. The fraction of sp³-hybridized carbons (Fsp3) is 0.423. The number of ether oxygens (including phenoxy) is 3. The van der Waals surface area contributed by atoms with E-state index in [1.54, 1.807) is 14.2 Å². The monoisotopic (exact) mass is 406 g/mol. The van der Waals surface area contributed by atoms with Crippen molar-refractivity contribution in [3.05, 3.63) is 64.7 Å². The fourth-order valence-electron chi connectivity index (χ4n) is 5.21. The SMILES string of the molecule is COCc1cc2c(c(OC)c1)O[C@]1(C)CC(=Cc3ccccc3)C(=O)C(C)(C)[C@H]1C2. The molecule has 0 aromatic heterocycles. The molecule has 4 heteroatoms. The molecule has 1 aliphatic heterocycles. The number of ketones is 1. The van der Waals surface area contributed by atoms with Gasteiger partial charge in [-0.3, -0.25) is 4.79 Å². The van der Waals surface area contributed by atoms with Crippen molar-refractivity contribution in [1.29, 1.82) is 0 Å². The van der Waals surface area contributed by atoms with Crippen molar-refractivity contribution in [2.45, 2.75) is 45.8 Å². The van der Waals surface area contributed by atoms with Gasteiger partial charge in [0.25, 0.3) is 0 Å². The molecule has 0 spiro atoms. The molecule has 4 rings (SSSR count). The minimum atomic E-state index is -0.532. The Labute approximate surface area is 178 Å². The van der Waals surface area contributed by atoms with Crippen LogP contribution in [0.2, 0.25) is 0 Å². The number of methoxy groups -OCH3 is 2. The van der Waals surface area contributed by atoms with E-state index in [-0.39, 0.29) is 11.7 Å². The zero-order valence-electron chi connectivity index (χ0n) is 18.5. The highest BCUT2D eigenvalue weighted by atomic mass is 16.5. The predicted molar refractivity (Wildman–Crippen MR) is 118 cm³/mol. The van der Waals surface area contributed by atoms with Crippen molar-refractivity contribution >= 4 is 11.9 Å². The average Bonchev–Trinajstić information content (AvgIpc) is 2.72. The van der Waals surface area contributed by atoms with Crippen LogP contribution in [0.25, 0.3) is 6.08 Å². The number of rotatable bonds is 4. The molecule has 0 radical (unpaired) electrons. The molecule has 1 fully saturated rings. The Balaban J connectivity index is 1.78. The van der Waals surface area contributed by atoms with Gasteiger partial charge in [-0.15, -0.1) is 0 Å². The van der Waals surface area contributed by atoms with E-state index in [0.717, 1.165) is 40.2 Å². The van der Waals surface area contributed by atoms with Gasteiger partial charge in [-0.05, 0) is 48.2 Å². The summed E-state index contributed by atoms with van der Waals surface area (Å²) in [5.74, 6) is 1.80. The summed E-state index contributed by atoms with van der Waals surface area (Å²) in [7, 11) is 3.35. The summed E-state index contributed by atoms with van der Waals surface area (Å²) in [5, 5.41) is 0. The molecule has 4 nitrogen and oxygen atoms in total. The van der Waals surface area contributed by atoms with Crippen LogP contribution in [-0.2, 0) is 22.6 Å². The van der Waals surface area contributed by atoms with E-state index >= 15 is 0 Å². The van der Waals surface area contributed by atoms with Gasteiger partial charge in [0.1, 0.15) is 5.60 Å². The molecule has 1 heterocycles. The maximum absolute atomic E-state index is 13.5. The van der Waals surface area contributed by atoms with Crippen LogP contribution >= 0.6 is 0 Å². The van der Waals surface area contributed by atoms with Crippen LogP contribution < -0.4 is 9.47 Å². The van der Waals surface area contributed by atoms with Crippen LogP contribution in [0.15, 0.2) is 48.0 Å². The first-order chi connectivity index (χ1) is 14.3. The number of hydrogen-bond acceptors (Lipinski definition) is 4. The van der Waals surface area contributed by atoms with Gasteiger partial charge in [0, 0.05) is 30.4 Å². The summed E-state index contributed by atoms with van der Waals surface area (Å²) in [6.45, 7) is 6.76. The highest BCUT2D eigenvalue weighted by Gasteiger charge is 2.56. The number of benzene rings is 2. The normalized spacial score (nSPS) is 26.0. The Morgan fingerprint density at radius 2 is 1.87 bits per heavy atom. The van der Waals surface area contributed by atoms with Crippen LogP contribution in [0.5, 0.6) is 11.5 Å². The summed E-state index contributed by atoms with van der Waals surface area (Å²) in [4.78, 5) is 13.5. The van der Waals surface area contributed by atoms with Crippen LogP contribution in [0.4, 0.5) is 0 Å². The van der Waals surface area contributed by atoms with E-state index in [2.05, 4.69) is 26.8 Å². The van der Waals surface area contributed by atoms with Crippen molar-refractivity contribution < 1.29 is 19.0 Å². The number of carbonyl (C=O) groups is 1. The maximum atomic E-state index is 13.5. The van der Waals surface area contributed by atoms with Gasteiger partial charge in [0.15, 0.2) is 17.3 Å². The largest absolute Gasteiger partial charge is 0.493 e. The first-order valence-electron chi connectivity index (χ1n) is 10.5. The number of carbonyl (C=O) groups excluding carboxylic acids is 1. The topological polar surface area (TPSA) is 44.8 Å². The molecule has 1 saturated carbocycles. The van der Waals surface area contributed by atoms with Crippen molar-refractivity contribution in [2.24, 2.45) is 11.3 Å². The minimum Gasteiger partial charge on any atom is -0.493 e. The molecule has 2 aliphatic rings. The van der Waals surface area contributed by atoms with E-state index in [4.69, 9.17) is 14.2 Å². The smallest absolute Gasteiger partial charge is 0.165 e. The number of fused-ring (bicyclic) bond motifs is 2. The van der Waals surface area contributed by atoms with Crippen LogP contribution in [-0.4, -0.2) is 25.6 Å². The highest BCUT2D eigenvalue weighted by Crippen LogP contribution is 2.55. The van der Waals surface area contributed by atoms with E-state index in [1.165, 1.54) is 0 Å². The molecule has 2 aromatic rings. The summed E-state index contributed by atoms with van der Waals surface area (Å²) in [5.41, 5.74) is 2.97. The highest BCUT2D eigenvalue weighted by molar-refractivity contribution is 6.04. The molecule has 0 N–H and O–H groups in total. The zero-order chi connectivity index (χ0) is 21.5. The molecule has 0 unspecified atom stereocenters. The van der Waals surface area contributed by atoms with Crippen molar-refractivity contribution in [2.75, 3.05) is 14.2 Å². The molecule has 0 bridgehead atoms. The molecule has 158 valence electrons. The first kappa shape index (κ1) is 20.7. The summed E-state index contributed by atoms with van der Waals surface area (Å²) in [6.07, 6.45) is 3.37. The standard InChI is InChI=1S/C26H30O4/c1-25(2)22-14-19-12-18(16-28-4)13-21(29-5)23(19)30-26(22,3)15-20(24(25)27)11-17-9-7-6-8-10-17/h6-13,22H,14-16H2,1-5H3/t22-,26-/m1/s1. The average molecular weight is 407 g/mol. The molecule has 30 heavy (non-hydrogen) atoms. The van der Waals surface area contributed by atoms with Crippen LogP contribution in [0.1, 0.15) is 43.9 Å². The lowest BCUT2D eigenvalue weighted by atomic mass is 9.57. The van der Waals surface area contributed by atoms with Crippen molar-refractivity contribution in [3.8, 4) is 11.5 Å². The quantitative estimate of drug-likeness (QED) is 0.652. The molecular weight excluding hydrogens is 376 g/mol. The Hall–Kier alpha value is -2.59. The Kier molecular flexibility index (Phi) is 5.23. The molecule has 2 aromatic carbocycles. The molecule has 0 saturated heterocycles. The number of Topliss-reactive ketones (excluding diaryl/α,β-unsaturated/α-hetero) is 1.